The SMILES string of the molecule is C=C(COC)C(=O)Oc1ccc(-c2ccc(-c3ccc(OCCO/C=C/C)cc3)cc2)c(F)c1. The van der Waals surface area contributed by atoms with Gasteiger partial charge in [0.25, 0.3) is 0 Å². The lowest BCUT2D eigenvalue weighted by atomic mass is 10.00. The lowest BCUT2D eigenvalue weighted by Gasteiger charge is -2.10. The molecule has 5 nitrogen and oxygen atoms in total. The number of hydrogen-bond acceptors (Lipinski definition) is 5. The van der Waals surface area contributed by atoms with Crippen LogP contribution in [0.3, 0.4) is 0 Å². The molecular formula is C28H27FO5. The van der Waals surface area contributed by atoms with E-state index in [1.165, 1.54) is 13.2 Å². The molecule has 0 bridgehead atoms. The van der Waals surface area contributed by atoms with E-state index in [0.29, 0.717) is 24.3 Å². The number of methoxy groups -OCH3 is 1. The average molecular weight is 463 g/mol. The summed E-state index contributed by atoms with van der Waals surface area (Å²) in [7, 11) is 1.45. The van der Waals surface area contributed by atoms with Crippen molar-refractivity contribution in [3.05, 3.63) is 97.0 Å². The van der Waals surface area contributed by atoms with Crippen molar-refractivity contribution in [2.75, 3.05) is 26.9 Å². The van der Waals surface area contributed by atoms with E-state index >= 15 is 0 Å². The van der Waals surface area contributed by atoms with Crippen LogP contribution in [0.4, 0.5) is 4.39 Å². The first-order valence-corrected chi connectivity index (χ1v) is 10.8. The van der Waals surface area contributed by atoms with Crippen molar-refractivity contribution in [2.45, 2.75) is 6.92 Å². The van der Waals surface area contributed by atoms with Gasteiger partial charge in [-0.1, -0.05) is 49.1 Å². The zero-order valence-electron chi connectivity index (χ0n) is 19.3. The van der Waals surface area contributed by atoms with Crippen molar-refractivity contribution in [1.29, 1.82) is 0 Å². The van der Waals surface area contributed by atoms with Crippen LogP contribution in [0, 0.1) is 5.82 Å². The molecule has 3 aromatic carbocycles. The molecule has 34 heavy (non-hydrogen) atoms. The maximum atomic E-state index is 14.7. The number of allylic oxidation sites excluding steroid dienone is 1. The molecule has 0 fully saturated rings. The molecule has 0 amide bonds. The standard InChI is InChI=1S/C28H27FO5/c1-4-15-32-16-17-33-24-11-9-22(10-12-24)21-5-7-23(8-6-21)26-14-13-25(18-27(26)29)34-28(30)20(2)19-31-3/h4-15,18H,2,16-17,19H2,1,3H3/b15-4+. The van der Waals surface area contributed by atoms with Crippen molar-refractivity contribution in [2.24, 2.45) is 0 Å². The summed E-state index contributed by atoms with van der Waals surface area (Å²) in [5.41, 5.74) is 3.29. The first-order valence-electron chi connectivity index (χ1n) is 10.8. The second kappa shape index (κ2) is 12.4. The van der Waals surface area contributed by atoms with Crippen LogP contribution in [-0.4, -0.2) is 32.9 Å². The quantitative estimate of drug-likeness (QED) is 0.112. The fraction of sp³-hybridized carbons (Fsp3) is 0.179. The van der Waals surface area contributed by atoms with Gasteiger partial charge in [0.2, 0.25) is 0 Å². The summed E-state index contributed by atoms with van der Waals surface area (Å²) in [4.78, 5) is 11.9. The molecule has 0 saturated heterocycles. The topological polar surface area (TPSA) is 54.0 Å². The highest BCUT2D eigenvalue weighted by Crippen LogP contribution is 2.29. The second-order valence-electron chi connectivity index (χ2n) is 7.36. The highest BCUT2D eigenvalue weighted by atomic mass is 19.1. The molecule has 0 aliphatic carbocycles. The average Bonchev–Trinajstić information content (AvgIpc) is 2.85. The summed E-state index contributed by atoms with van der Waals surface area (Å²) in [6.07, 6.45) is 3.45. The molecule has 0 aliphatic heterocycles. The number of ether oxygens (including phenoxy) is 4. The minimum atomic E-state index is -0.656. The fourth-order valence-electron chi connectivity index (χ4n) is 3.16. The molecule has 0 N–H and O–H groups in total. The normalized spacial score (nSPS) is 10.8. The van der Waals surface area contributed by atoms with Gasteiger partial charge in [-0.15, -0.1) is 0 Å². The van der Waals surface area contributed by atoms with Crippen molar-refractivity contribution < 1.29 is 28.1 Å². The molecule has 0 saturated carbocycles. The number of benzene rings is 3. The van der Waals surface area contributed by atoms with Gasteiger partial charge in [-0.2, -0.15) is 0 Å². The smallest absolute Gasteiger partial charge is 0.341 e. The number of hydrogen-bond donors (Lipinski definition) is 0. The summed E-state index contributed by atoms with van der Waals surface area (Å²) in [5.74, 6) is -0.277. The lowest BCUT2D eigenvalue weighted by molar-refractivity contribution is -0.130. The van der Waals surface area contributed by atoms with Gasteiger partial charge in [0.15, 0.2) is 0 Å². The summed E-state index contributed by atoms with van der Waals surface area (Å²) in [6, 6.07) is 19.6. The minimum Gasteiger partial charge on any atom is -0.498 e. The van der Waals surface area contributed by atoms with Crippen LogP contribution in [0.1, 0.15) is 6.92 Å². The lowest BCUT2D eigenvalue weighted by Crippen LogP contribution is -2.14. The van der Waals surface area contributed by atoms with Crippen LogP contribution in [0.25, 0.3) is 22.3 Å². The van der Waals surface area contributed by atoms with Crippen molar-refractivity contribution in [1.82, 2.24) is 0 Å². The summed E-state index contributed by atoms with van der Waals surface area (Å²) >= 11 is 0. The predicted octanol–water partition coefficient (Wildman–Crippen LogP) is 6.20. The monoisotopic (exact) mass is 462 g/mol. The number of halogens is 1. The van der Waals surface area contributed by atoms with Crippen LogP contribution >= 0.6 is 0 Å². The fourth-order valence-corrected chi connectivity index (χ4v) is 3.16. The molecule has 0 heterocycles. The van der Waals surface area contributed by atoms with Crippen molar-refractivity contribution in [3.8, 4) is 33.8 Å². The van der Waals surface area contributed by atoms with E-state index in [1.54, 1.807) is 18.4 Å². The third kappa shape index (κ3) is 6.80. The Balaban J connectivity index is 1.64. The van der Waals surface area contributed by atoms with Crippen molar-refractivity contribution in [3.63, 3.8) is 0 Å². The van der Waals surface area contributed by atoms with Gasteiger partial charge in [0.1, 0.15) is 30.5 Å². The Labute approximate surface area is 199 Å². The van der Waals surface area contributed by atoms with E-state index in [-0.39, 0.29) is 17.9 Å². The van der Waals surface area contributed by atoms with Gasteiger partial charge in [-0.25, -0.2) is 9.18 Å². The Kier molecular flexibility index (Phi) is 9.00. The molecule has 0 aromatic heterocycles. The molecule has 0 spiro atoms. The molecule has 176 valence electrons. The summed E-state index contributed by atoms with van der Waals surface area (Å²) < 4.78 is 35.6. The molecule has 0 atom stereocenters. The van der Waals surface area contributed by atoms with Gasteiger partial charge < -0.3 is 18.9 Å². The highest BCUT2D eigenvalue weighted by Gasteiger charge is 2.12. The Morgan fingerprint density at radius 1 is 0.912 bits per heavy atom. The van der Waals surface area contributed by atoms with E-state index in [4.69, 9.17) is 18.9 Å². The van der Waals surface area contributed by atoms with Crippen LogP contribution in [-0.2, 0) is 14.3 Å². The maximum absolute atomic E-state index is 14.7. The molecule has 0 aliphatic rings. The Morgan fingerprint density at radius 2 is 1.53 bits per heavy atom. The Hall–Kier alpha value is -3.90. The van der Waals surface area contributed by atoms with Crippen LogP contribution < -0.4 is 9.47 Å². The van der Waals surface area contributed by atoms with Crippen molar-refractivity contribution >= 4 is 5.97 Å². The van der Waals surface area contributed by atoms with Crippen LogP contribution in [0.5, 0.6) is 11.5 Å². The summed E-state index contributed by atoms with van der Waals surface area (Å²) in [6.45, 7) is 6.47. The van der Waals surface area contributed by atoms with E-state index in [2.05, 4.69) is 6.58 Å². The largest absolute Gasteiger partial charge is 0.498 e. The number of esters is 1. The van der Waals surface area contributed by atoms with Crippen LogP contribution in [0.15, 0.2) is 91.2 Å². The van der Waals surface area contributed by atoms with Gasteiger partial charge in [0.05, 0.1) is 18.4 Å². The zero-order valence-corrected chi connectivity index (χ0v) is 19.3. The number of carbonyl (C=O) groups is 1. The third-order valence-corrected chi connectivity index (χ3v) is 4.84. The van der Waals surface area contributed by atoms with E-state index in [1.807, 2.05) is 61.5 Å². The van der Waals surface area contributed by atoms with Crippen LogP contribution in [0.2, 0.25) is 0 Å². The van der Waals surface area contributed by atoms with Gasteiger partial charge >= 0.3 is 5.97 Å². The number of carbonyl (C=O) groups excluding carboxylic acids is 1. The molecule has 3 rings (SSSR count). The maximum Gasteiger partial charge on any atom is 0.341 e. The predicted molar refractivity (Wildman–Crippen MR) is 130 cm³/mol. The molecular weight excluding hydrogens is 435 g/mol. The molecule has 0 radical (unpaired) electrons. The Morgan fingerprint density at radius 3 is 2.15 bits per heavy atom. The zero-order chi connectivity index (χ0) is 24.3. The first kappa shape index (κ1) is 24.7. The number of rotatable bonds is 11. The molecule has 3 aromatic rings. The minimum absolute atomic E-state index is 0.0489. The second-order valence-corrected chi connectivity index (χ2v) is 7.36. The molecule has 6 heteroatoms. The molecule has 0 unspecified atom stereocenters. The van der Waals surface area contributed by atoms with E-state index in [9.17, 15) is 9.18 Å². The third-order valence-electron chi connectivity index (χ3n) is 4.84. The van der Waals surface area contributed by atoms with E-state index < -0.39 is 11.8 Å². The van der Waals surface area contributed by atoms with Gasteiger partial charge in [-0.05, 0) is 47.9 Å². The summed E-state index contributed by atoms with van der Waals surface area (Å²) in [5, 5.41) is 0. The van der Waals surface area contributed by atoms with Gasteiger partial charge in [-0.3, -0.25) is 0 Å². The first-order chi connectivity index (χ1) is 16.5. The Bertz CT molecular complexity index is 1130. The highest BCUT2D eigenvalue weighted by molar-refractivity contribution is 5.89. The van der Waals surface area contributed by atoms with E-state index in [0.717, 1.165) is 16.9 Å². The van der Waals surface area contributed by atoms with Gasteiger partial charge in [0, 0.05) is 18.7 Å².